The second-order valence-corrected chi connectivity index (χ2v) is 4.74. The minimum absolute atomic E-state index is 0.124. The van der Waals surface area contributed by atoms with Crippen LogP contribution in [0.5, 0.6) is 0 Å². The molecule has 20 heavy (non-hydrogen) atoms. The molecule has 1 N–H and O–H groups in total. The van der Waals surface area contributed by atoms with Crippen molar-refractivity contribution < 1.29 is 4.92 Å². The first kappa shape index (κ1) is 14.2. The van der Waals surface area contributed by atoms with Gasteiger partial charge in [-0.05, 0) is 35.7 Å². The maximum absolute atomic E-state index is 10.8. The lowest BCUT2D eigenvalue weighted by Crippen LogP contribution is -2.11. The number of non-ortho nitro benzene ring substituents is 1. The molecular formula is C16H18N2O2. The van der Waals surface area contributed by atoms with Crippen LogP contribution in [0.2, 0.25) is 0 Å². The summed E-state index contributed by atoms with van der Waals surface area (Å²) in [6.07, 6.45) is 0. The fourth-order valence-corrected chi connectivity index (χ4v) is 2.22. The highest BCUT2D eigenvalue weighted by Gasteiger charge is 2.09. The molecule has 4 nitrogen and oxygen atoms in total. The average Bonchev–Trinajstić information content (AvgIpc) is 2.45. The van der Waals surface area contributed by atoms with E-state index in [-0.39, 0.29) is 10.6 Å². The Bertz CT molecular complexity index is 624. The van der Waals surface area contributed by atoms with E-state index in [4.69, 9.17) is 0 Å². The van der Waals surface area contributed by atoms with Crippen molar-refractivity contribution in [3.05, 3.63) is 63.7 Å². The Morgan fingerprint density at radius 3 is 2.65 bits per heavy atom. The zero-order valence-electron chi connectivity index (χ0n) is 11.7. The highest BCUT2D eigenvalue weighted by Crippen LogP contribution is 2.27. The number of nitrogens with one attached hydrogen (secondary N) is 1. The molecule has 0 aromatic heterocycles. The molecule has 4 heteroatoms. The van der Waals surface area contributed by atoms with Crippen molar-refractivity contribution in [3.63, 3.8) is 0 Å². The molecule has 0 bridgehead atoms. The minimum Gasteiger partial charge on any atom is -0.313 e. The number of nitrogens with zero attached hydrogens (tertiary/aromatic N) is 1. The van der Waals surface area contributed by atoms with E-state index in [1.807, 2.05) is 19.1 Å². The lowest BCUT2D eigenvalue weighted by molar-refractivity contribution is -0.384. The lowest BCUT2D eigenvalue weighted by Gasteiger charge is -2.09. The molecule has 0 radical (unpaired) electrons. The Balaban J connectivity index is 2.33. The van der Waals surface area contributed by atoms with Gasteiger partial charge in [0, 0.05) is 18.7 Å². The number of hydrogen-bond donors (Lipinski definition) is 1. The van der Waals surface area contributed by atoms with Crippen LogP contribution in [0, 0.1) is 17.0 Å². The van der Waals surface area contributed by atoms with Gasteiger partial charge in [-0.15, -0.1) is 0 Å². The van der Waals surface area contributed by atoms with E-state index in [0.717, 1.165) is 29.8 Å². The van der Waals surface area contributed by atoms with E-state index >= 15 is 0 Å². The van der Waals surface area contributed by atoms with Gasteiger partial charge in [-0.25, -0.2) is 0 Å². The topological polar surface area (TPSA) is 55.2 Å². The molecule has 0 spiro atoms. The van der Waals surface area contributed by atoms with Gasteiger partial charge >= 0.3 is 0 Å². The molecule has 0 heterocycles. The first-order valence-corrected chi connectivity index (χ1v) is 6.67. The Morgan fingerprint density at radius 1 is 1.20 bits per heavy atom. The summed E-state index contributed by atoms with van der Waals surface area (Å²) < 4.78 is 0. The molecule has 0 saturated carbocycles. The van der Waals surface area contributed by atoms with E-state index in [1.165, 1.54) is 11.6 Å². The summed E-state index contributed by atoms with van der Waals surface area (Å²) in [4.78, 5) is 10.5. The summed E-state index contributed by atoms with van der Waals surface area (Å²) in [6, 6.07) is 13.0. The Kier molecular flexibility index (Phi) is 4.48. The van der Waals surface area contributed by atoms with Gasteiger partial charge in [0.15, 0.2) is 0 Å². The summed E-state index contributed by atoms with van der Waals surface area (Å²) in [5.41, 5.74) is 4.39. The molecule has 2 aromatic rings. The summed E-state index contributed by atoms with van der Waals surface area (Å²) in [6.45, 7) is 5.88. The van der Waals surface area contributed by atoms with Crippen LogP contribution in [0.15, 0.2) is 42.5 Å². The number of nitro groups is 1. The van der Waals surface area contributed by atoms with E-state index in [2.05, 4.69) is 24.4 Å². The van der Waals surface area contributed by atoms with Gasteiger partial charge in [-0.1, -0.05) is 37.3 Å². The van der Waals surface area contributed by atoms with Crippen molar-refractivity contribution in [2.24, 2.45) is 0 Å². The van der Waals surface area contributed by atoms with Crippen molar-refractivity contribution >= 4 is 5.69 Å². The second kappa shape index (κ2) is 6.30. The van der Waals surface area contributed by atoms with Crippen LogP contribution in [-0.2, 0) is 6.54 Å². The number of hydrogen-bond acceptors (Lipinski definition) is 3. The zero-order chi connectivity index (χ0) is 14.5. The van der Waals surface area contributed by atoms with Gasteiger partial charge in [-0.2, -0.15) is 0 Å². The van der Waals surface area contributed by atoms with Crippen LogP contribution < -0.4 is 5.32 Å². The van der Waals surface area contributed by atoms with Gasteiger partial charge in [0.25, 0.3) is 5.69 Å². The number of rotatable bonds is 5. The fraction of sp³-hybridized carbons (Fsp3) is 0.250. The Hall–Kier alpha value is -2.20. The second-order valence-electron chi connectivity index (χ2n) is 4.74. The monoisotopic (exact) mass is 270 g/mol. The molecule has 0 atom stereocenters. The average molecular weight is 270 g/mol. The molecule has 0 fully saturated rings. The van der Waals surface area contributed by atoms with Gasteiger partial charge < -0.3 is 5.32 Å². The van der Waals surface area contributed by atoms with Gasteiger partial charge in [0.1, 0.15) is 0 Å². The molecule has 0 amide bonds. The highest BCUT2D eigenvalue weighted by atomic mass is 16.6. The summed E-state index contributed by atoms with van der Waals surface area (Å²) in [7, 11) is 0. The molecule has 2 aromatic carbocycles. The summed E-state index contributed by atoms with van der Waals surface area (Å²) >= 11 is 0. The highest BCUT2D eigenvalue weighted by molar-refractivity contribution is 5.69. The van der Waals surface area contributed by atoms with E-state index < -0.39 is 0 Å². The van der Waals surface area contributed by atoms with Crippen LogP contribution in [0.3, 0.4) is 0 Å². The molecular weight excluding hydrogens is 252 g/mol. The Labute approximate surface area is 118 Å². The summed E-state index contributed by atoms with van der Waals surface area (Å²) in [5, 5.41) is 14.1. The first-order chi connectivity index (χ1) is 9.61. The standard InChI is InChI=1S/C16H18N2O2/c1-3-17-11-13-7-8-16(12(2)9-13)14-5-4-6-15(10-14)18(19)20/h4-10,17H,3,11H2,1-2H3. The third-order valence-corrected chi connectivity index (χ3v) is 3.24. The molecule has 0 saturated heterocycles. The third kappa shape index (κ3) is 3.22. The normalized spacial score (nSPS) is 10.5. The van der Waals surface area contributed by atoms with Crippen LogP contribution in [0.1, 0.15) is 18.1 Å². The number of nitro benzene ring substituents is 1. The van der Waals surface area contributed by atoms with Crippen molar-refractivity contribution in [1.29, 1.82) is 0 Å². The maximum Gasteiger partial charge on any atom is 0.270 e. The molecule has 0 unspecified atom stereocenters. The van der Waals surface area contributed by atoms with E-state index in [9.17, 15) is 10.1 Å². The first-order valence-electron chi connectivity index (χ1n) is 6.67. The van der Waals surface area contributed by atoms with Crippen LogP contribution in [0.4, 0.5) is 5.69 Å². The van der Waals surface area contributed by atoms with Crippen molar-refractivity contribution in [1.82, 2.24) is 5.32 Å². The third-order valence-electron chi connectivity index (χ3n) is 3.24. The molecule has 0 aliphatic heterocycles. The minimum atomic E-state index is -0.363. The predicted octanol–water partition coefficient (Wildman–Crippen LogP) is 3.68. The molecule has 2 rings (SSSR count). The van der Waals surface area contributed by atoms with E-state index in [0.29, 0.717) is 0 Å². The Morgan fingerprint density at radius 2 is 2.00 bits per heavy atom. The smallest absolute Gasteiger partial charge is 0.270 e. The number of benzene rings is 2. The predicted molar refractivity (Wildman–Crippen MR) is 80.7 cm³/mol. The largest absolute Gasteiger partial charge is 0.313 e. The van der Waals surface area contributed by atoms with Crippen LogP contribution >= 0.6 is 0 Å². The SMILES string of the molecule is CCNCc1ccc(-c2cccc([N+](=O)[O-])c2)c(C)c1. The van der Waals surface area contributed by atoms with Crippen molar-refractivity contribution in [2.75, 3.05) is 6.54 Å². The zero-order valence-corrected chi connectivity index (χ0v) is 11.7. The number of aryl methyl sites for hydroxylation is 1. The van der Waals surface area contributed by atoms with Crippen LogP contribution in [-0.4, -0.2) is 11.5 Å². The van der Waals surface area contributed by atoms with Crippen LogP contribution in [0.25, 0.3) is 11.1 Å². The quantitative estimate of drug-likeness (QED) is 0.666. The maximum atomic E-state index is 10.8. The fourth-order valence-electron chi connectivity index (χ4n) is 2.22. The molecule has 104 valence electrons. The van der Waals surface area contributed by atoms with E-state index in [1.54, 1.807) is 12.1 Å². The lowest BCUT2D eigenvalue weighted by atomic mass is 9.98. The van der Waals surface area contributed by atoms with Gasteiger partial charge in [0.05, 0.1) is 4.92 Å². The van der Waals surface area contributed by atoms with Crippen molar-refractivity contribution in [3.8, 4) is 11.1 Å². The summed E-state index contributed by atoms with van der Waals surface area (Å²) in [5.74, 6) is 0. The van der Waals surface area contributed by atoms with Crippen molar-refractivity contribution in [2.45, 2.75) is 20.4 Å². The molecule has 0 aliphatic rings. The molecule has 0 aliphatic carbocycles. The van der Waals surface area contributed by atoms with Gasteiger partial charge in [-0.3, -0.25) is 10.1 Å². The van der Waals surface area contributed by atoms with Gasteiger partial charge in [0.2, 0.25) is 0 Å².